The summed E-state index contributed by atoms with van der Waals surface area (Å²) in [5, 5.41) is 12.0. The fourth-order valence-corrected chi connectivity index (χ4v) is 3.88. The molecule has 0 atom stereocenters. The van der Waals surface area contributed by atoms with Crippen molar-refractivity contribution in [3.8, 4) is 11.6 Å². The van der Waals surface area contributed by atoms with Crippen molar-refractivity contribution < 1.29 is 13.6 Å². The Bertz CT molecular complexity index is 1130. The van der Waals surface area contributed by atoms with Crippen LogP contribution in [0.1, 0.15) is 11.1 Å². The molecule has 158 valence electrons. The van der Waals surface area contributed by atoms with Crippen molar-refractivity contribution in [2.75, 3.05) is 12.3 Å². The average Bonchev–Trinajstić information content (AvgIpc) is 3.44. The zero-order valence-electron chi connectivity index (χ0n) is 16.7. The van der Waals surface area contributed by atoms with E-state index in [4.69, 9.17) is 4.42 Å². The van der Waals surface area contributed by atoms with Crippen LogP contribution < -0.4 is 5.32 Å². The van der Waals surface area contributed by atoms with Gasteiger partial charge in [0.25, 0.3) is 0 Å². The number of halogens is 1. The van der Waals surface area contributed by atoms with E-state index in [1.165, 1.54) is 17.8 Å². The van der Waals surface area contributed by atoms with Crippen molar-refractivity contribution in [2.45, 2.75) is 18.1 Å². The first-order valence-electron chi connectivity index (χ1n) is 9.84. The molecule has 2 heterocycles. The second-order valence-corrected chi connectivity index (χ2v) is 7.78. The maximum absolute atomic E-state index is 13.7. The number of thioether (sulfide) groups is 1. The number of nitrogens with zero attached hydrogens (tertiary/aromatic N) is 3. The number of carbonyl (C=O) groups excluding carboxylic acids is 1. The van der Waals surface area contributed by atoms with Crippen LogP contribution in [0.4, 0.5) is 4.39 Å². The third-order valence-corrected chi connectivity index (χ3v) is 5.62. The second kappa shape index (κ2) is 10.1. The molecule has 2 aromatic carbocycles. The fourth-order valence-electron chi connectivity index (χ4n) is 3.11. The van der Waals surface area contributed by atoms with Crippen LogP contribution in [0, 0.1) is 5.82 Å². The van der Waals surface area contributed by atoms with E-state index in [1.54, 1.807) is 30.5 Å². The number of hydrogen-bond donors (Lipinski definition) is 1. The lowest BCUT2D eigenvalue weighted by molar-refractivity contribution is -0.118. The number of furan rings is 1. The number of rotatable bonds is 9. The van der Waals surface area contributed by atoms with Crippen LogP contribution >= 0.6 is 11.8 Å². The Kier molecular flexibility index (Phi) is 6.78. The summed E-state index contributed by atoms with van der Waals surface area (Å²) in [5.74, 6) is 1.00. The standard InChI is InChI=1S/C23H21FN4O2S/c24-19-10-5-4-9-18(19)12-13-25-21(29)16-31-23-27-26-22(20-11-6-14-30-20)28(23)15-17-7-2-1-3-8-17/h1-11,14H,12-13,15-16H2,(H,25,29). The molecule has 4 rings (SSSR count). The first-order chi connectivity index (χ1) is 15.2. The molecular weight excluding hydrogens is 415 g/mol. The van der Waals surface area contributed by atoms with E-state index < -0.39 is 0 Å². The Balaban J connectivity index is 1.39. The quantitative estimate of drug-likeness (QED) is 0.399. The summed E-state index contributed by atoms with van der Waals surface area (Å²) in [5.41, 5.74) is 1.67. The van der Waals surface area contributed by atoms with Gasteiger partial charge in [0.05, 0.1) is 18.6 Å². The third-order valence-electron chi connectivity index (χ3n) is 4.65. The normalized spacial score (nSPS) is 10.9. The van der Waals surface area contributed by atoms with Crippen LogP contribution in [0.2, 0.25) is 0 Å². The summed E-state index contributed by atoms with van der Waals surface area (Å²) in [6, 6.07) is 20.2. The molecule has 0 saturated carbocycles. The Morgan fingerprint density at radius 2 is 1.84 bits per heavy atom. The van der Waals surface area contributed by atoms with Gasteiger partial charge in [-0.1, -0.05) is 60.3 Å². The van der Waals surface area contributed by atoms with E-state index in [-0.39, 0.29) is 17.5 Å². The summed E-state index contributed by atoms with van der Waals surface area (Å²) in [4.78, 5) is 12.3. The molecule has 1 N–H and O–H groups in total. The first-order valence-corrected chi connectivity index (χ1v) is 10.8. The minimum atomic E-state index is -0.259. The van der Waals surface area contributed by atoms with Crippen LogP contribution in [-0.2, 0) is 17.8 Å². The van der Waals surface area contributed by atoms with Gasteiger partial charge in [-0.05, 0) is 35.7 Å². The van der Waals surface area contributed by atoms with Gasteiger partial charge in [0, 0.05) is 6.54 Å². The Morgan fingerprint density at radius 1 is 1.03 bits per heavy atom. The molecular formula is C23H21FN4O2S. The zero-order chi connectivity index (χ0) is 21.5. The molecule has 0 unspecified atom stereocenters. The monoisotopic (exact) mass is 436 g/mol. The molecule has 0 aliphatic rings. The summed E-state index contributed by atoms with van der Waals surface area (Å²) in [7, 11) is 0. The van der Waals surface area contributed by atoms with Gasteiger partial charge in [0.2, 0.25) is 11.7 Å². The minimum Gasteiger partial charge on any atom is -0.461 e. The highest BCUT2D eigenvalue weighted by atomic mass is 32.2. The first kappa shape index (κ1) is 20.9. The highest BCUT2D eigenvalue weighted by Gasteiger charge is 2.17. The molecule has 0 aliphatic carbocycles. The number of aromatic nitrogens is 3. The third kappa shape index (κ3) is 5.40. The van der Waals surface area contributed by atoms with Gasteiger partial charge in [-0.15, -0.1) is 10.2 Å². The molecule has 6 nitrogen and oxygen atoms in total. The Morgan fingerprint density at radius 3 is 2.61 bits per heavy atom. The molecule has 4 aromatic rings. The maximum Gasteiger partial charge on any atom is 0.230 e. The van der Waals surface area contributed by atoms with E-state index >= 15 is 0 Å². The molecule has 8 heteroatoms. The number of hydrogen-bond acceptors (Lipinski definition) is 5. The SMILES string of the molecule is O=C(CSc1nnc(-c2ccco2)n1Cc1ccccc1)NCCc1ccccc1F. The van der Waals surface area contributed by atoms with Gasteiger partial charge in [-0.3, -0.25) is 9.36 Å². The smallest absolute Gasteiger partial charge is 0.230 e. The highest BCUT2D eigenvalue weighted by molar-refractivity contribution is 7.99. The molecule has 0 fully saturated rings. The lowest BCUT2D eigenvalue weighted by Gasteiger charge is -2.10. The summed E-state index contributed by atoms with van der Waals surface area (Å²) < 4.78 is 21.1. The van der Waals surface area contributed by atoms with E-state index in [0.717, 1.165) is 5.56 Å². The molecule has 0 saturated heterocycles. The molecule has 2 aromatic heterocycles. The van der Waals surface area contributed by atoms with Crippen LogP contribution in [-0.4, -0.2) is 33.0 Å². The zero-order valence-corrected chi connectivity index (χ0v) is 17.5. The van der Waals surface area contributed by atoms with Crippen molar-refractivity contribution in [3.63, 3.8) is 0 Å². The molecule has 1 amide bonds. The van der Waals surface area contributed by atoms with Crippen molar-refractivity contribution >= 4 is 17.7 Å². The van der Waals surface area contributed by atoms with Gasteiger partial charge in [0.15, 0.2) is 10.9 Å². The van der Waals surface area contributed by atoms with Crippen LogP contribution in [0.25, 0.3) is 11.6 Å². The Hall–Kier alpha value is -3.39. The van der Waals surface area contributed by atoms with E-state index in [9.17, 15) is 9.18 Å². The van der Waals surface area contributed by atoms with Gasteiger partial charge in [0.1, 0.15) is 5.82 Å². The lowest BCUT2D eigenvalue weighted by atomic mass is 10.1. The number of benzene rings is 2. The van der Waals surface area contributed by atoms with E-state index in [0.29, 0.717) is 41.8 Å². The minimum absolute atomic E-state index is 0.143. The van der Waals surface area contributed by atoms with E-state index in [2.05, 4.69) is 15.5 Å². The van der Waals surface area contributed by atoms with Crippen LogP contribution in [0.5, 0.6) is 0 Å². The lowest BCUT2D eigenvalue weighted by Crippen LogP contribution is -2.27. The van der Waals surface area contributed by atoms with Gasteiger partial charge in [-0.2, -0.15) is 0 Å². The summed E-state index contributed by atoms with van der Waals surface area (Å²) in [6.07, 6.45) is 2.03. The average molecular weight is 437 g/mol. The second-order valence-electron chi connectivity index (χ2n) is 6.84. The van der Waals surface area contributed by atoms with Crippen molar-refractivity contribution in [1.82, 2.24) is 20.1 Å². The fraction of sp³-hybridized carbons (Fsp3) is 0.174. The molecule has 0 aliphatic heterocycles. The van der Waals surface area contributed by atoms with Crippen LogP contribution in [0.3, 0.4) is 0 Å². The molecule has 0 bridgehead atoms. The van der Waals surface area contributed by atoms with Gasteiger partial charge < -0.3 is 9.73 Å². The summed E-state index contributed by atoms with van der Waals surface area (Å²) >= 11 is 1.30. The number of nitrogens with one attached hydrogen (secondary N) is 1. The molecule has 0 radical (unpaired) electrons. The number of carbonyl (C=O) groups is 1. The topological polar surface area (TPSA) is 73.0 Å². The largest absolute Gasteiger partial charge is 0.461 e. The van der Waals surface area contributed by atoms with Crippen LogP contribution in [0.15, 0.2) is 82.6 Å². The predicted molar refractivity (Wildman–Crippen MR) is 117 cm³/mol. The number of amides is 1. The Labute approximate surface area is 183 Å². The molecule has 31 heavy (non-hydrogen) atoms. The maximum atomic E-state index is 13.7. The van der Waals surface area contributed by atoms with Crippen molar-refractivity contribution in [1.29, 1.82) is 0 Å². The highest BCUT2D eigenvalue weighted by Crippen LogP contribution is 2.25. The predicted octanol–water partition coefficient (Wildman–Crippen LogP) is 4.18. The van der Waals surface area contributed by atoms with Gasteiger partial charge >= 0.3 is 0 Å². The van der Waals surface area contributed by atoms with Crippen molar-refractivity contribution in [2.24, 2.45) is 0 Å². The van der Waals surface area contributed by atoms with Crippen molar-refractivity contribution in [3.05, 3.63) is 89.9 Å². The summed E-state index contributed by atoms with van der Waals surface area (Å²) in [6.45, 7) is 0.926. The van der Waals surface area contributed by atoms with Gasteiger partial charge in [-0.25, -0.2) is 4.39 Å². The van der Waals surface area contributed by atoms with E-state index in [1.807, 2.05) is 41.0 Å². The molecule has 0 spiro atoms.